The number of aliphatic carboxylic acids is 1. The Morgan fingerprint density at radius 2 is 2.20 bits per heavy atom. The standard InChI is InChI=1S/C13H12N2O3S2/c16-12(17)6-3-10-1-4-11(5-2-10)18-7-8-19-13-14-9-15-20-13/h1-6,9H,7-8H2,(H,16,17)/b6-3+. The topological polar surface area (TPSA) is 72.3 Å². The van der Waals surface area contributed by atoms with Gasteiger partial charge in [0.25, 0.3) is 0 Å². The predicted molar refractivity (Wildman–Crippen MR) is 79.2 cm³/mol. The van der Waals surface area contributed by atoms with Crippen LogP contribution in [-0.2, 0) is 4.79 Å². The molecule has 0 unspecified atom stereocenters. The molecule has 0 atom stereocenters. The number of rotatable bonds is 7. The maximum atomic E-state index is 10.4. The maximum absolute atomic E-state index is 10.4. The van der Waals surface area contributed by atoms with E-state index >= 15 is 0 Å². The third-order valence-electron chi connectivity index (χ3n) is 2.22. The van der Waals surface area contributed by atoms with Crippen molar-refractivity contribution in [2.45, 2.75) is 4.34 Å². The molecule has 0 radical (unpaired) electrons. The lowest BCUT2D eigenvalue weighted by Crippen LogP contribution is -1.99. The number of hydrogen-bond acceptors (Lipinski definition) is 6. The highest BCUT2D eigenvalue weighted by Gasteiger charge is 1.98. The van der Waals surface area contributed by atoms with Crippen molar-refractivity contribution >= 4 is 35.3 Å². The Balaban J connectivity index is 1.74. The summed E-state index contributed by atoms with van der Waals surface area (Å²) in [4.78, 5) is 14.5. The van der Waals surface area contributed by atoms with Crippen LogP contribution in [0.4, 0.5) is 0 Å². The Kier molecular flexibility index (Phi) is 5.57. The molecule has 0 bridgehead atoms. The van der Waals surface area contributed by atoms with Crippen LogP contribution >= 0.6 is 23.3 Å². The molecule has 104 valence electrons. The first-order valence-electron chi connectivity index (χ1n) is 5.77. The molecule has 0 saturated heterocycles. The third-order valence-corrected chi connectivity index (χ3v) is 3.98. The number of nitrogens with zero attached hydrogens (tertiary/aromatic N) is 2. The zero-order valence-corrected chi connectivity index (χ0v) is 12.1. The molecule has 1 heterocycles. The first-order valence-corrected chi connectivity index (χ1v) is 7.53. The van der Waals surface area contributed by atoms with Gasteiger partial charge in [0, 0.05) is 11.8 Å². The van der Waals surface area contributed by atoms with Gasteiger partial charge in [-0.2, -0.15) is 4.37 Å². The van der Waals surface area contributed by atoms with E-state index in [2.05, 4.69) is 9.36 Å². The van der Waals surface area contributed by atoms with Gasteiger partial charge in [0.15, 0.2) is 4.34 Å². The second-order valence-corrected chi connectivity index (χ2v) is 5.77. The van der Waals surface area contributed by atoms with E-state index in [0.29, 0.717) is 6.61 Å². The Bertz CT molecular complexity index is 568. The third kappa shape index (κ3) is 5.02. The average molecular weight is 308 g/mol. The Labute approximate surface area is 124 Å². The number of carbonyl (C=O) groups is 1. The second-order valence-electron chi connectivity index (χ2n) is 3.64. The highest BCUT2D eigenvalue weighted by atomic mass is 32.2. The summed E-state index contributed by atoms with van der Waals surface area (Å²) >= 11 is 2.97. The minimum Gasteiger partial charge on any atom is -0.493 e. The van der Waals surface area contributed by atoms with E-state index in [0.717, 1.165) is 27.5 Å². The maximum Gasteiger partial charge on any atom is 0.328 e. The average Bonchev–Trinajstić information content (AvgIpc) is 2.96. The van der Waals surface area contributed by atoms with Gasteiger partial charge >= 0.3 is 5.97 Å². The largest absolute Gasteiger partial charge is 0.493 e. The van der Waals surface area contributed by atoms with Crippen molar-refractivity contribution in [1.29, 1.82) is 0 Å². The summed E-state index contributed by atoms with van der Waals surface area (Å²) in [5.41, 5.74) is 0.822. The molecule has 20 heavy (non-hydrogen) atoms. The first kappa shape index (κ1) is 14.5. The van der Waals surface area contributed by atoms with Gasteiger partial charge in [-0.25, -0.2) is 9.78 Å². The number of thioether (sulfide) groups is 1. The van der Waals surface area contributed by atoms with E-state index in [4.69, 9.17) is 9.84 Å². The van der Waals surface area contributed by atoms with E-state index in [1.54, 1.807) is 11.8 Å². The van der Waals surface area contributed by atoms with Gasteiger partial charge in [0.1, 0.15) is 12.1 Å². The molecule has 0 fully saturated rings. The molecule has 0 aliphatic rings. The number of ether oxygens (including phenoxy) is 1. The molecule has 5 nitrogen and oxygen atoms in total. The van der Waals surface area contributed by atoms with Crippen molar-refractivity contribution in [3.8, 4) is 5.75 Å². The number of aromatic nitrogens is 2. The van der Waals surface area contributed by atoms with Gasteiger partial charge in [-0.15, -0.1) is 0 Å². The van der Waals surface area contributed by atoms with Gasteiger partial charge in [-0.3, -0.25) is 0 Å². The van der Waals surface area contributed by atoms with Gasteiger partial charge < -0.3 is 9.84 Å². The van der Waals surface area contributed by atoms with Crippen molar-refractivity contribution in [2.75, 3.05) is 12.4 Å². The van der Waals surface area contributed by atoms with Crippen LogP contribution in [0.2, 0.25) is 0 Å². The van der Waals surface area contributed by atoms with Gasteiger partial charge in [0.05, 0.1) is 6.61 Å². The van der Waals surface area contributed by atoms with Crippen LogP contribution < -0.4 is 4.74 Å². The van der Waals surface area contributed by atoms with Crippen molar-refractivity contribution < 1.29 is 14.6 Å². The van der Waals surface area contributed by atoms with Gasteiger partial charge in [-0.05, 0) is 35.3 Å². The first-order chi connectivity index (χ1) is 9.74. The molecular weight excluding hydrogens is 296 g/mol. The van der Waals surface area contributed by atoms with Crippen LogP contribution in [0.1, 0.15) is 5.56 Å². The number of carboxylic acid groups (broad SMARTS) is 1. The quantitative estimate of drug-likeness (QED) is 0.482. The summed E-state index contributed by atoms with van der Waals surface area (Å²) < 4.78 is 10.4. The van der Waals surface area contributed by atoms with Crippen LogP contribution in [-0.4, -0.2) is 32.8 Å². The SMILES string of the molecule is O=C(O)/C=C/c1ccc(OCCSc2ncns2)cc1. The molecule has 0 aliphatic carbocycles. The zero-order valence-electron chi connectivity index (χ0n) is 10.4. The molecule has 0 spiro atoms. The Hall–Kier alpha value is -1.86. The van der Waals surface area contributed by atoms with Crippen LogP contribution in [0.25, 0.3) is 6.08 Å². The fourth-order valence-electron chi connectivity index (χ4n) is 1.36. The lowest BCUT2D eigenvalue weighted by atomic mass is 10.2. The monoisotopic (exact) mass is 308 g/mol. The van der Waals surface area contributed by atoms with E-state index in [9.17, 15) is 4.79 Å². The lowest BCUT2D eigenvalue weighted by Gasteiger charge is -2.05. The molecular formula is C13H12N2O3S2. The fraction of sp³-hybridized carbons (Fsp3) is 0.154. The van der Waals surface area contributed by atoms with E-state index in [-0.39, 0.29) is 0 Å². The van der Waals surface area contributed by atoms with Crippen LogP contribution in [0.5, 0.6) is 5.75 Å². The molecule has 0 amide bonds. The second kappa shape index (κ2) is 7.66. The minimum atomic E-state index is -0.959. The normalized spacial score (nSPS) is 10.8. The summed E-state index contributed by atoms with van der Waals surface area (Å²) in [6.07, 6.45) is 4.18. The highest BCUT2D eigenvalue weighted by molar-refractivity contribution is 8.00. The molecule has 7 heteroatoms. The zero-order chi connectivity index (χ0) is 14.2. The summed E-state index contributed by atoms with van der Waals surface area (Å²) in [5, 5.41) is 8.53. The summed E-state index contributed by atoms with van der Waals surface area (Å²) in [6, 6.07) is 7.26. The van der Waals surface area contributed by atoms with E-state index < -0.39 is 5.97 Å². The summed E-state index contributed by atoms with van der Waals surface area (Å²) in [7, 11) is 0. The highest BCUT2D eigenvalue weighted by Crippen LogP contribution is 2.18. The fourth-order valence-corrected chi connectivity index (χ4v) is 2.69. The van der Waals surface area contributed by atoms with Crippen LogP contribution in [0, 0.1) is 0 Å². The summed E-state index contributed by atoms with van der Waals surface area (Å²) in [5.74, 6) is 0.602. The Morgan fingerprint density at radius 3 is 2.85 bits per heavy atom. The van der Waals surface area contributed by atoms with Crippen LogP contribution in [0.15, 0.2) is 41.0 Å². The van der Waals surface area contributed by atoms with E-state index in [1.807, 2.05) is 24.3 Å². The van der Waals surface area contributed by atoms with Gasteiger partial charge in [-0.1, -0.05) is 23.9 Å². The predicted octanol–water partition coefficient (Wildman–Crippen LogP) is 2.81. The van der Waals surface area contributed by atoms with Crippen molar-refractivity contribution in [3.63, 3.8) is 0 Å². The molecule has 2 rings (SSSR count). The molecule has 0 aliphatic heterocycles. The molecule has 1 N–H and O–H groups in total. The minimum absolute atomic E-state index is 0.578. The van der Waals surface area contributed by atoms with Crippen LogP contribution in [0.3, 0.4) is 0 Å². The Morgan fingerprint density at radius 1 is 1.40 bits per heavy atom. The molecule has 0 saturated carbocycles. The number of hydrogen-bond donors (Lipinski definition) is 1. The lowest BCUT2D eigenvalue weighted by molar-refractivity contribution is -0.131. The molecule has 1 aromatic heterocycles. The smallest absolute Gasteiger partial charge is 0.328 e. The van der Waals surface area contributed by atoms with Crippen molar-refractivity contribution in [1.82, 2.24) is 9.36 Å². The van der Waals surface area contributed by atoms with Crippen molar-refractivity contribution in [2.24, 2.45) is 0 Å². The van der Waals surface area contributed by atoms with Crippen molar-refractivity contribution in [3.05, 3.63) is 42.2 Å². The molecule has 2 aromatic rings. The number of benzene rings is 1. The number of carboxylic acids is 1. The summed E-state index contributed by atoms with van der Waals surface area (Å²) in [6.45, 7) is 0.578. The van der Waals surface area contributed by atoms with E-state index in [1.165, 1.54) is 23.9 Å². The molecule has 1 aromatic carbocycles. The van der Waals surface area contributed by atoms with Gasteiger partial charge in [0.2, 0.25) is 0 Å².